The number of hydrogen-bond donors (Lipinski definition) is 1. The summed E-state index contributed by atoms with van der Waals surface area (Å²) in [7, 11) is -4.39. The lowest BCUT2D eigenvalue weighted by atomic mass is 9.95. The van der Waals surface area contributed by atoms with Crippen molar-refractivity contribution in [3.8, 4) is 0 Å². The Bertz CT molecular complexity index is 1550. The Labute approximate surface area is 268 Å². The predicted molar refractivity (Wildman–Crippen MR) is 157 cm³/mol. The normalized spacial score (nSPS) is 27.2. The van der Waals surface area contributed by atoms with Crippen LogP contribution in [0.3, 0.4) is 0 Å². The largest absolute Gasteiger partial charge is 0.475 e. The van der Waals surface area contributed by atoms with Crippen molar-refractivity contribution >= 4 is 31.7 Å². The van der Waals surface area contributed by atoms with Crippen LogP contribution in [0.25, 0.3) is 0 Å². The number of nitrogens with one attached hydrogen (secondary N) is 1. The number of anilines is 1. The van der Waals surface area contributed by atoms with Crippen LogP contribution in [0.5, 0.6) is 0 Å². The molecule has 1 N–H and O–H groups in total. The third-order valence-electron chi connectivity index (χ3n) is 7.19. The Hall–Kier alpha value is -3.76. The molecule has 4 rings (SSSR count). The Balaban J connectivity index is 1.55. The highest BCUT2D eigenvalue weighted by molar-refractivity contribution is 7.48. The van der Waals surface area contributed by atoms with Gasteiger partial charge in [-0.3, -0.25) is 33.0 Å². The Kier molecular flexibility index (Phi) is 11.8. The fourth-order valence-corrected chi connectivity index (χ4v) is 6.58. The first-order chi connectivity index (χ1) is 22.2. The number of unbranched alkanes of at least 4 members (excludes halogenated alkanes) is 2. The number of rotatable bonds is 12. The SMILES string of the molecule is CCCCCOC(=O)Nc1ccn([C@@H]2O[C@H](COP3(=O)OCCC(c4cc(F)cc(F)c4)O3)[C@@H](OC(C)=O)[C@@]2(C)OC(C)=O)c(=O)n1. The summed E-state index contributed by atoms with van der Waals surface area (Å²) in [4.78, 5) is 53.5. The Morgan fingerprint density at radius 2 is 1.87 bits per heavy atom. The predicted octanol–water partition coefficient (Wildman–Crippen LogP) is 4.71. The molecule has 47 heavy (non-hydrogen) atoms. The van der Waals surface area contributed by atoms with Gasteiger partial charge in [0.05, 0.1) is 25.9 Å². The molecular weight excluding hydrogens is 651 g/mol. The molecule has 0 aliphatic carbocycles. The number of amides is 1. The van der Waals surface area contributed by atoms with Crippen LogP contribution in [-0.2, 0) is 46.7 Å². The molecule has 2 unspecified atom stereocenters. The van der Waals surface area contributed by atoms with E-state index in [1.807, 2.05) is 6.92 Å². The van der Waals surface area contributed by atoms with E-state index in [0.29, 0.717) is 12.5 Å². The van der Waals surface area contributed by atoms with Crippen molar-refractivity contribution in [1.29, 1.82) is 0 Å². The van der Waals surface area contributed by atoms with Gasteiger partial charge in [-0.15, -0.1) is 0 Å². The number of aromatic nitrogens is 2. The average molecular weight is 688 g/mol. The molecule has 15 nitrogen and oxygen atoms in total. The molecule has 2 aliphatic rings. The van der Waals surface area contributed by atoms with Crippen molar-refractivity contribution in [2.24, 2.45) is 0 Å². The topological polar surface area (TPSA) is 180 Å². The van der Waals surface area contributed by atoms with Gasteiger partial charge in [0.2, 0.25) is 0 Å². The van der Waals surface area contributed by atoms with Gasteiger partial charge in [0.1, 0.15) is 23.6 Å². The van der Waals surface area contributed by atoms with Crippen LogP contribution in [0.15, 0.2) is 35.3 Å². The first kappa shape index (κ1) is 36.1. The molecule has 18 heteroatoms. The zero-order chi connectivity index (χ0) is 34.4. The van der Waals surface area contributed by atoms with Crippen molar-refractivity contribution in [3.05, 3.63) is 58.1 Å². The number of esters is 2. The summed E-state index contributed by atoms with van der Waals surface area (Å²) in [6, 6.07) is 4.00. The minimum Gasteiger partial charge on any atom is -0.455 e. The van der Waals surface area contributed by atoms with Crippen molar-refractivity contribution in [2.45, 2.75) is 83.5 Å². The number of ether oxygens (including phenoxy) is 4. The molecule has 1 aromatic carbocycles. The fraction of sp³-hybridized carbons (Fsp3) is 0.552. The number of nitrogens with zero attached hydrogens (tertiary/aromatic N) is 2. The number of phosphoric ester groups is 1. The Morgan fingerprint density at radius 1 is 1.15 bits per heavy atom. The monoisotopic (exact) mass is 687 g/mol. The third kappa shape index (κ3) is 9.20. The molecule has 258 valence electrons. The van der Waals surface area contributed by atoms with E-state index >= 15 is 0 Å². The van der Waals surface area contributed by atoms with Gasteiger partial charge >= 0.3 is 31.5 Å². The highest BCUT2D eigenvalue weighted by Gasteiger charge is 2.60. The van der Waals surface area contributed by atoms with Crippen LogP contribution in [0.2, 0.25) is 0 Å². The highest BCUT2D eigenvalue weighted by Crippen LogP contribution is 2.57. The van der Waals surface area contributed by atoms with Crippen LogP contribution in [-0.4, -0.2) is 65.2 Å². The smallest absolute Gasteiger partial charge is 0.455 e. The zero-order valence-corrected chi connectivity index (χ0v) is 27.0. The summed E-state index contributed by atoms with van der Waals surface area (Å²) in [6.07, 6.45) is -2.30. The van der Waals surface area contributed by atoms with Gasteiger partial charge in [0.15, 0.2) is 17.9 Å². The first-order valence-corrected chi connectivity index (χ1v) is 16.3. The maximum Gasteiger partial charge on any atom is 0.475 e. The molecule has 3 heterocycles. The first-order valence-electron chi connectivity index (χ1n) is 14.8. The van der Waals surface area contributed by atoms with Crippen molar-refractivity contribution < 1.29 is 60.2 Å². The van der Waals surface area contributed by atoms with Crippen LogP contribution >= 0.6 is 7.82 Å². The van der Waals surface area contributed by atoms with Crippen molar-refractivity contribution in [1.82, 2.24) is 9.55 Å². The molecule has 0 bridgehead atoms. The van der Waals surface area contributed by atoms with Crippen molar-refractivity contribution in [3.63, 3.8) is 0 Å². The number of carbonyl (C=O) groups is 3. The standard InChI is InChI=1S/C29H36F2N3O12P/c1-5-6-7-11-40-28(38)33-24-8-10-34(27(37)32-24)26-29(4,45-18(3)36)25(43-17(2)35)23(44-26)16-42-47(39)41-12-9-22(46-47)19-13-20(30)15-21(31)14-19/h8,10,13-15,22-23,25-26H,5-7,9,11-12,16H2,1-4H3,(H,32,33,37,38)/t22?,23-,25-,26-,29-,47?/m1/s1. The van der Waals surface area contributed by atoms with Crippen LogP contribution in [0.1, 0.15) is 71.3 Å². The molecule has 1 aromatic heterocycles. The molecular formula is C29H36F2N3O12P. The molecule has 2 aromatic rings. The lowest BCUT2D eigenvalue weighted by Crippen LogP contribution is -2.51. The lowest BCUT2D eigenvalue weighted by Gasteiger charge is -2.34. The summed E-state index contributed by atoms with van der Waals surface area (Å²) in [5.74, 6) is -3.48. The van der Waals surface area contributed by atoms with Gasteiger partial charge in [-0.05, 0) is 37.1 Å². The number of carbonyl (C=O) groups excluding carboxylic acids is 3. The van der Waals surface area contributed by atoms with E-state index in [2.05, 4.69) is 10.3 Å². The molecule has 2 saturated heterocycles. The van der Waals surface area contributed by atoms with E-state index in [1.54, 1.807) is 0 Å². The fourth-order valence-electron chi connectivity index (χ4n) is 5.19. The summed E-state index contributed by atoms with van der Waals surface area (Å²) < 4.78 is 80.4. The van der Waals surface area contributed by atoms with Crippen molar-refractivity contribution in [2.75, 3.05) is 25.1 Å². The van der Waals surface area contributed by atoms with Crippen LogP contribution in [0.4, 0.5) is 19.4 Å². The van der Waals surface area contributed by atoms with E-state index in [0.717, 1.165) is 43.4 Å². The molecule has 0 spiro atoms. The summed E-state index contributed by atoms with van der Waals surface area (Å²) >= 11 is 0. The average Bonchev–Trinajstić information content (AvgIpc) is 3.23. The maximum absolute atomic E-state index is 13.8. The van der Waals surface area contributed by atoms with E-state index in [-0.39, 0.29) is 31.0 Å². The third-order valence-corrected chi connectivity index (χ3v) is 8.66. The number of benzene rings is 1. The molecule has 2 aliphatic heterocycles. The molecule has 1 amide bonds. The van der Waals surface area contributed by atoms with Gasteiger partial charge in [0.25, 0.3) is 0 Å². The van der Waals surface area contributed by atoms with E-state index in [9.17, 15) is 32.5 Å². The minimum atomic E-state index is -4.39. The molecule has 0 saturated carbocycles. The molecule has 0 radical (unpaired) electrons. The second kappa shape index (κ2) is 15.4. The number of phosphoric acid groups is 1. The van der Waals surface area contributed by atoms with E-state index < -0.39 is 79.9 Å². The van der Waals surface area contributed by atoms with E-state index in [4.69, 9.17) is 32.5 Å². The zero-order valence-electron chi connectivity index (χ0n) is 26.1. The number of hydrogen-bond acceptors (Lipinski definition) is 13. The Morgan fingerprint density at radius 3 is 2.51 bits per heavy atom. The quantitative estimate of drug-likeness (QED) is 0.140. The summed E-state index contributed by atoms with van der Waals surface area (Å²) in [6.45, 7) is 4.92. The summed E-state index contributed by atoms with van der Waals surface area (Å²) in [5.41, 5.74) is -2.74. The van der Waals surface area contributed by atoms with Gasteiger partial charge in [-0.1, -0.05) is 19.8 Å². The number of halogens is 2. The van der Waals surface area contributed by atoms with E-state index in [1.165, 1.54) is 19.2 Å². The molecule has 6 atom stereocenters. The van der Waals surface area contributed by atoms with Crippen LogP contribution < -0.4 is 11.0 Å². The second-order valence-corrected chi connectivity index (χ2v) is 12.6. The highest BCUT2D eigenvalue weighted by atomic mass is 31.2. The lowest BCUT2D eigenvalue weighted by molar-refractivity contribution is -0.185. The minimum absolute atomic E-state index is 0.0709. The van der Waals surface area contributed by atoms with Gasteiger partial charge in [-0.2, -0.15) is 4.98 Å². The second-order valence-electron chi connectivity index (χ2n) is 11.0. The van der Waals surface area contributed by atoms with Gasteiger partial charge in [0, 0.05) is 32.5 Å². The molecule has 2 fully saturated rings. The van der Waals surface area contributed by atoms with Gasteiger partial charge in [-0.25, -0.2) is 22.9 Å². The maximum atomic E-state index is 13.8. The summed E-state index contributed by atoms with van der Waals surface area (Å²) in [5, 5.41) is 2.35. The van der Waals surface area contributed by atoms with Crippen LogP contribution in [0, 0.1) is 11.6 Å². The van der Waals surface area contributed by atoms with Gasteiger partial charge < -0.3 is 18.9 Å².